The lowest BCUT2D eigenvalue weighted by atomic mass is 10.1. The maximum Gasteiger partial charge on any atom is 0.347 e. The Bertz CT molecular complexity index is 451. The van der Waals surface area contributed by atoms with Gasteiger partial charge in [-0.1, -0.05) is 0 Å². The predicted octanol–water partition coefficient (Wildman–Crippen LogP) is 0.923. The molecule has 0 fully saturated rings. The number of nitrogens with zero attached hydrogens (tertiary/aromatic N) is 3. The molecule has 15 heavy (non-hydrogen) atoms. The largest absolute Gasteiger partial charge is 0.357 e. The summed E-state index contributed by atoms with van der Waals surface area (Å²) in [6.07, 6.45) is 0. The molecule has 0 N–H and O–H groups in total. The highest BCUT2D eigenvalue weighted by Gasteiger charge is 2.23. The summed E-state index contributed by atoms with van der Waals surface area (Å²) < 4.78 is 10.8. The van der Waals surface area contributed by atoms with Gasteiger partial charge in [0.15, 0.2) is 4.77 Å². The standard InChI is InChI=1S/C9H15N3O2S/c1-9(2,3)12-7(13)11-6-14-5-4-10(11)8(12)15/h4-6H2,1-3H3. The summed E-state index contributed by atoms with van der Waals surface area (Å²) in [5.41, 5.74) is -0.377. The van der Waals surface area contributed by atoms with Crippen LogP contribution in [0.1, 0.15) is 20.8 Å². The molecule has 2 heterocycles. The average Bonchev–Trinajstić information content (AvgIpc) is 2.39. The van der Waals surface area contributed by atoms with Crippen molar-refractivity contribution in [2.24, 2.45) is 0 Å². The molecule has 1 aromatic heterocycles. The Morgan fingerprint density at radius 2 is 2.00 bits per heavy atom. The van der Waals surface area contributed by atoms with E-state index in [9.17, 15) is 4.79 Å². The van der Waals surface area contributed by atoms with Crippen LogP contribution in [0.2, 0.25) is 0 Å². The van der Waals surface area contributed by atoms with E-state index in [1.54, 1.807) is 9.25 Å². The third-order valence-corrected chi connectivity index (χ3v) is 2.84. The van der Waals surface area contributed by atoms with Gasteiger partial charge in [-0.25, -0.2) is 9.48 Å². The van der Waals surface area contributed by atoms with Crippen molar-refractivity contribution in [2.45, 2.75) is 39.6 Å². The fourth-order valence-electron chi connectivity index (χ4n) is 1.74. The van der Waals surface area contributed by atoms with Gasteiger partial charge in [0.1, 0.15) is 6.73 Å². The molecular weight excluding hydrogens is 214 g/mol. The van der Waals surface area contributed by atoms with E-state index in [1.807, 2.05) is 25.5 Å². The van der Waals surface area contributed by atoms with Crippen molar-refractivity contribution in [3.8, 4) is 0 Å². The molecule has 6 heteroatoms. The summed E-state index contributed by atoms with van der Waals surface area (Å²) in [4.78, 5) is 12.0. The molecule has 1 aliphatic rings. The van der Waals surface area contributed by atoms with Gasteiger partial charge in [-0.15, -0.1) is 0 Å². The van der Waals surface area contributed by atoms with Crippen LogP contribution in [0, 0.1) is 4.77 Å². The van der Waals surface area contributed by atoms with E-state index >= 15 is 0 Å². The molecule has 2 rings (SSSR count). The topological polar surface area (TPSA) is 41.1 Å². The van der Waals surface area contributed by atoms with Crippen molar-refractivity contribution < 1.29 is 4.74 Å². The Labute approximate surface area is 92.9 Å². The van der Waals surface area contributed by atoms with E-state index in [1.165, 1.54) is 0 Å². The highest BCUT2D eigenvalue weighted by Crippen LogP contribution is 2.13. The van der Waals surface area contributed by atoms with E-state index in [0.29, 0.717) is 24.7 Å². The number of ether oxygens (including phenoxy) is 1. The third kappa shape index (κ3) is 1.57. The zero-order valence-corrected chi connectivity index (χ0v) is 10.0. The number of fused-ring (bicyclic) bond motifs is 1. The smallest absolute Gasteiger partial charge is 0.347 e. The molecule has 0 spiro atoms. The molecule has 0 radical (unpaired) electrons. The van der Waals surface area contributed by atoms with Gasteiger partial charge in [-0.2, -0.15) is 0 Å². The first-order valence-corrected chi connectivity index (χ1v) is 5.34. The van der Waals surface area contributed by atoms with Crippen molar-refractivity contribution >= 4 is 12.2 Å². The van der Waals surface area contributed by atoms with Crippen molar-refractivity contribution in [1.82, 2.24) is 13.9 Å². The van der Waals surface area contributed by atoms with Crippen molar-refractivity contribution in [1.29, 1.82) is 0 Å². The van der Waals surface area contributed by atoms with Gasteiger partial charge in [0.05, 0.1) is 13.2 Å². The minimum absolute atomic E-state index is 0.0906. The highest BCUT2D eigenvalue weighted by atomic mass is 32.1. The van der Waals surface area contributed by atoms with Gasteiger partial charge in [0.25, 0.3) is 0 Å². The molecule has 0 amide bonds. The Kier molecular flexibility index (Phi) is 2.35. The Balaban J connectivity index is 2.74. The average molecular weight is 229 g/mol. The monoisotopic (exact) mass is 229 g/mol. The Morgan fingerprint density at radius 3 is 2.53 bits per heavy atom. The molecule has 5 nitrogen and oxygen atoms in total. The van der Waals surface area contributed by atoms with Crippen molar-refractivity contribution in [2.75, 3.05) is 6.61 Å². The van der Waals surface area contributed by atoms with E-state index in [0.717, 1.165) is 0 Å². The van der Waals surface area contributed by atoms with Gasteiger partial charge >= 0.3 is 5.69 Å². The molecule has 0 bridgehead atoms. The highest BCUT2D eigenvalue weighted by molar-refractivity contribution is 7.71. The fraction of sp³-hybridized carbons (Fsp3) is 0.778. The quantitative estimate of drug-likeness (QED) is 0.621. The van der Waals surface area contributed by atoms with Gasteiger partial charge < -0.3 is 4.74 Å². The van der Waals surface area contributed by atoms with Crippen LogP contribution in [-0.2, 0) is 23.6 Å². The summed E-state index contributed by atoms with van der Waals surface area (Å²) in [5.74, 6) is 0. The van der Waals surface area contributed by atoms with Gasteiger partial charge in [0.2, 0.25) is 0 Å². The molecule has 0 aromatic carbocycles. The second-order valence-corrected chi connectivity index (χ2v) is 5.00. The first kappa shape index (κ1) is 10.6. The summed E-state index contributed by atoms with van der Waals surface area (Å²) in [7, 11) is 0. The van der Waals surface area contributed by atoms with Crippen LogP contribution in [-0.4, -0.2) is 20.5 Å². The van der Waals surface area contributed by atoms with Crippen LogP contribution in [0.5, 0.6) is 0 Å². The van der Waals surface area contributed by atoms with E-state index in [-0.39, 0.29) is 11.2 Å². The molecule has 0 aliphatic carbocycles. The summed E-state index contributed by atoms with van der Waals surface area (Å²) >= 11 is 5.30. The van der Waals surface area contributed by atoms with Crippen LogP contribution in [0.15, 0.2) is 4.79 Å². The van der Waals surface area contributed by atoms with Crippen molar-refractivity contribution in [3.63, 3.8) is 0 Å². The van der Waals surface area contributed by atoms with Crippen LogP contribution in [0.4, 0.5) is 0 Å². The van der Waals surface area contributed by atoms with Crippen LogP contribution in [0.25, 0.3) is 0 Å². The predicted molar refractivity (Wildman–Crippen MR) is 58.5 cm³/mol. The molecule has 0 unspecified atom stereocenters. The number of hydrogen-bond donors (Lipinski definition) is 0. The van der Waals surface area contributed by atoms with Crippen LogP contribution >= 0.6 is 12.2 Å². The van der Waals surface area contributed by atoms with E-state index in [2.05, 4.69) is 0 Å². The molecule has 0 saturated carbocycles. The Morgan fingerprint density at radius 1 is 1.33 bits per heavy atom. The lowest BCUT2D eigenvalue weighted by molar-refractivity contribution is 0.0126. The zero-order valence-electron chi connectivity index (χ0n) is 9.19. The lowest BCUT2D eigenvalue weighted by Crippen LogP contribution is -2.37. The first-order valence-electron chi connectivity index (χ1n) is 4.94. The molecule has 84 valence electrons. The van der Waals surface area contributed by atoms with Gasteiger partial charge in [-0.05, 0) is 33.0 Å². The lowest BCUT2D eigenvalue weighted by Gasteiger charge is -2.18. The van der Waals surface area contributed by atoms with Crippen LogP contribution in [0.3, 0.4) is 0 Å². The van der Waals surface area contributed by atoms with Gasteiger partial charge in [-0.3, -0.25) is 9.25 Å². The number of aromatic nitrogens is 3. The molecule has 0 atom stereocenters. The van der Waals surface area contributed by atoms with Gasteiger partial charge in [0, 0.05) is 5.54 Å². The summed E-state index contributed by atoms with van der Waals surface area (Å²) in [6, 6.07) is 0. The second-order valence-electron chi connectivity index (χ2n) is 4.63. The first-order chi connectivity index (χ1) is 6.93. The normalized spacial score (nSPS) is 16.5. The SMILES string of the molecule is CC(C)(C)n1c(=O)n2n(c1=S)CCOC2. The fourth-order valence-corrected chi connectivity index (χ4v) is 2.28. The van der Waals surface area contributed by atoms with E-state index < -0.39 is 0 Å². The number of rotatable bonds is 0. The summed E-state index contributed by atoms with van der Waals surface area (Å²) in [5, 5.41) is 0. The van der Waals surface area contributed by atoms with Crippen LogP contribution < -0.4 is 5.69 Å². The Hall–Kier alpha value is -0.880. The zero-order chi connectivity index (χ0) is 11.2. The summed E-state index contributed by atoms with van der Waals surface area (Å²) in [6.45, 7) is 7.47. The van der Waals surface area contributed by atoms with Crippen molar-refractivity contribution in [3.05, 3.63) is 15.3 Å². The minimum atomic E-state index is -0.286. The number of hydrogen-bond acceptors (Lipinski definition) is 3. The third-order valence-electron chi connectivity index (χ3n) is 2.45. The second kappa shape index (κ2) is 3.31. The minimum Gasteiger partial charge on any atom is -0.357 e. The van der Waals surface area contributed by atoms with E-state index in [4.69, 9.17) is 17.0 Å². The maximum absolute atomic E-state index is 12.0. The molecule has 0 saturated heterocycles. The molecule has 1 aliphatic heterocycles. The molecule has 1 aromatic rings. The molecular formula is C9H15N3O2S. The maximum atomic E-state index is 12.0.